The van der Waals surface area contributed by atoms with Crippen molar-refractivity contribution < 1.29 is 13.2 Å². The first-order valence-electron chi connectivity index (χ1n) is 5.21. The van der Waals surface area contributed by atoms with Crippen molar-refractivity contribution in [2.45, 2.75) is 19.3 Å². The minimum atomic E-state index is -3.34. The lowest BCUT2D eigenvalue weighted by molar-refractivity contribution is 0.305. The second-order valence-corrected chi connectivity index (χ2v) is 5.79. The van der Waals surface area contributed by atoms with Gasteiger partial charge >= 0.3 is 0 Å². The van der Waals surface area contributed by atoms with Crippen LogP contribution in [-0.4, -0.2) is 25.8 Å². The number of hydrogen-bond donors (Lipinski definition) is 1. The van der Waals surface area contributed by atoms with Crippen molar-refractivity contribution in [2.24, 2.45) is 5.14 Å². The molecule has 1 aromatic rings. The Bertz CT molecular complexity index is 451. The lowest BCUT2D eigenvalue weighted by Crippen LogP contribution is -2.16. The van der Waals surface area contributed by atoms with Crippen LogP contribution >= 0.6 is 11.6 Å². The first-order valence-corrected chi connectivity index (χ1v) is 7.30. The van der Waals surface area contributed by atoms with E-state index in [2.05, 4.69) is 4.98 Å². The molecule has 0 aliphatic carbocycles. The van der Waals surface area contributed by atoms with Gasteiger partial charge in [-0.25, -0.2) is 13.6 Å². The Balaban J connectivity index is 2.13. The maximum atomic E-state index is 10.6. The number of rotatable bonds is 7. The number of nitrogens with two attached hydrogens (primary N) is 1. The smallest absolute Gasteiger partial charge is 0.209 e. The molecule has 0 unspecified atom stereocenters. The minimum absolute atomic E-state index is 0.0196. The predicted molar refractivity (Wildman–Crippen MR) is 66.6 cm³/mol. The SMILES string of the molecule is NS(=O)(=O)CCCCCOc1cncc(Cl)c1. The molecule has 0 spiro atoms. The largest absolute Gasteiger partial charge is 0.492 e. The lowest BCUT2D eigenvalue weighted by atomic mass is 10.3. The molecule has 96 valence electrons. The molecular weight excluding hydrogens is 264 g/mol. The highest BCUT2D eigenvalue weighted by molar-refractivity contribution is 7.89. The Morgan fingerprint density at radius 2 is 2.06 bits per heavy atom. The second-order valence-electron chi connectivity index (χ2n) is 3.61. The summed E-state index contributed by atoms with van der Waals surface area (Å²) in [5.74, 6) is 0.634. The van der Waals surface area contributed by atoms with Gasteiger partial charge in [0.05, 0.1) is 23.6 Å². The number of aromatic nitrogens is 1. The summed E-state index contributed by atoms with van der Waals surface area (Å²) in [7, 11) is -3.34. The van der Waals surface area contributed by atoms with E-state index in [1.807, 2.05) is 0 Å². The standard InChI is InChI=1S/C10H15ClN2O3S/c11-9-6-10(8-13-7-9)16-4-2-1-3-5-17(12,14)15/h6-8H,1-5H2,(H2,12,14,15). The zero-order chi connectivity index (χ0) is 12.7. The van der Waals surface area contributed by atoms with Crippen molar-refractivity contribution in [3.8, 4) is 5.75 Å². The van der Waals surface area contributed by atoms with E-state index in [4.69, 9.17) is 21.5 Å². The van der Waals surface area contributed by atoms with Crippen LogP contribution in [-0.2, 0) is 10.0 Å². The van der Waals surface area contributed by atoms with Crippen LogP contribution in [0.2, 0.25) is 5.02 Å². The molecule has 0 radical (unpaired) electrons. The molecule has 2 N–H and O–H groups in total. The zero-order valence-electron chi connectivity index (χ0n) is 9.30. The summed E-state index contributed by atoms with van der Waals surface area (Å²) < 4.78 is 26.7. The van der Waals surface area contributed by atoms with Crippen LogP contribution in [0.3, 0.4) is 0 Å². The highest BCUT2D eigenvalue weighted by Gasteiger charge is 2.01. The van der Waals surface area contributed by atoms with Gasteiger partial charge in [-0.3, -0.25) is 4.98 Å². The minimum Gasteiger partial charge on any atom is -0.492 e. The predicted octanol–water partition coefficient (Wildman–Crippen LogP) is 1.57. The Hall–Kier alpha value is -0.850. The van der Waals surface area contributed by atoms with Crippen molar-refractivity contribution in [3.63, 3.8) is 0 Å². The molecule has 5 nitrogen and oxygen atoms in total. The van der Waals surface area contributed by atoms with Gasteiger partial charge < -0.3 is 4.74 Å². The molecule has 0 atom stereocenters. The molecule has 0 aliphatic rings. The maximum Gasteiger partial charge on any atom is 0.209 e. The third-order valence-corrected chi connectivity index (χ3v) is 3.09. The Labute approximate surface area is 106 Å². The van der Waals surface area contributed by atoms with Crippen LogP contribution in [0.4, 0.5) is 0 Å². The summed E-state index contributed by atoms with van der Waals surface area (Å²) in [5, 5.41) is 5.40. The number of ether oxygens (including phenoxy) is 1. The fourth-order valence-corrected chi connectivity index (χ4v) is 2.01. The molecule has 17 heavy (non-hydrogen) atoms. The van der Waals surface area contributed by atoms with Gasteiger partial charge in [-0.1, -0.05) is 11.6 Å². The van der Waals surface area contributed by atoms with E-state index in [1.54, 1.807) is 12.3 Å². The van der Waals surface area contributed by atoms with Crippen LogP contribution in [0, 0.1) is 0 Å². The molecule has 1 aromatic heterocycles. The summed E-state index contributed by atoms with van der Waals surface area (Å²) in [6.07, 6.45) is 5.18. The van der Waals surface area contributed by atoms with Crippen LogP contribution in [0.1, 0.15) is 19.3 Å². The molecule has 0 aromatic carbocycles. The zero-order valence-corrected chi connectivity index (χ0v) is 10.9. The van der Waals surface area contributed by atoms with Gasteiger partial charge in [0.25, 0.3) is 0 Å². The summed E-state index contributed by atoms with van der Waals surface area (Å²) in [4.78, 5) is 3.88. The molecule has 1 rings (SSSR count). The van der Waals surface area contributed by atoms with Crippen molar-refractivity contribution in [1.29, 1.82) is 0 Å². The van der Waals surface area contributed by atoms with Crippen molar-refractivity contribution >= 4 is 21.6 Å². The van der Waals surface area contributed by atoms with Crippen molar-refractivity contribution in [1.82, 2.24) is 4.98 Å². The van der Waals surface area contributed by atoms with E-state index in [0.29, 0.717) is 23.8 Å². The third kappa shape index (κ3) is 7.14. The van der Waals surface area contributed by atoms with Gasteiger partial charge in [-0.05, 0) is 19.3 Å². The van der Waals surface area contributed by atoms with Gasteiger partial charge in [0.1, 0.15) is 5.75 Å². The first-order chi connectivity index (χ1) is 7.97. The summed E-state index contributed by atoms with van der Waals surface area (Å²) in [5.41, 5.74) is 0. The number of sulfonamides is 1. The topological polar surface area (TPSA) is 82.3 Å². The molecule has 0 bridgehead atoms. The van der Waals surface area contributed by atoms with Gasteiger partial charge in [0.15, 0.2) is 0 Å². The second kappa shape index (κ2) is 6.78. The fraction of sp³-hybridized carbons (Fsp3) is 0.500. The van der Waals surface area contributed by atoms with Crippen LogP contribution in [0.5, 0.6) is 5.75 Å². The average molecular weight is 279 g/mol. The van der Waals surface area contributed by atoms with E-state index in [0.717, 1.165) is 12.8 Å². The third-order valence-electron chi connectivity index (χ3n) is 2.02. The van der Waals surface area contributed by atoms with Crippen LogP contribution < -0.4 is 9.88 Å². The van der Waals surface area contributed by atoms with Gasteiger partial charge in [0.2, 0.25) is 10.0 Å². The number of primary sulfonamides is 1. The van der Waals surface area contributed by atoms with Gasteiger partial charge in [-0.15, -0.1) is 0 Å². The molecular formula is C10H15ClN2O3S. The fourth-order valence-electron chi connectivity index (χ4n) is 1.24. The quantitative estimate of drug-likeness (QED) is 0.768. The monoisotopic (exact) mass is 278 g/mol. The molecule has 0 amide bonds. The maximum absolute atomic E-state index is 10.6. The van der Waals surface area contributed by atoms with Crippen molar-refractivity contribution in [3.05, 3.63) is 23.5 Å². The van der Waals surface area contributed by atoms with E-state index in [9.17, 15) is 8.42 Å². The number of pyridine rings is 1. The number of hydrogen-bond acceptors (Lipinski definition) is 4. The average Bonchev–Trinajstić information content (AvgIpc) is 2.22. The molecule has 7 heteroatoms. The number of nitrogens with zero attached hydrogens (tertiary/aromatic N) is 1. The van der Waals surface area contributed by atoms with Crippen LogP contribution in [0.15, 0.2) is 18.5 Å². The molecule has 0 aliphatic heterocycles. The molecule has 0 saturated carbocycles. The Morgan fingerprint density at radius 1 is 1.29 bits per heavy atom. The van der Waals surface area contributed by atoms with E-state index in [-0.39, 0.29) is 5.75 Å². The Morgan fingerprint density at radius 3 is 2.71 bits per heavy atom. The molecule has 1 heterocycles. The van der Waals surface area contributed by atoms with E-state index < -0.39 is 10.0 Å². The number of halogens is 1. The van der Waals surface area contributed by atoms with E-state index >= 15 is 0 Å². The summed E-state index contributed by atoms with van der Waals surface area (Å²) >= 11 is 5.73. The summed E-state index contributed by atoms with van der Waals surface area (Å²) in [6.45, 7) is 0.507. The Kier molecular flexibility index (Phi) is 5.67. The normalized spacial score (nSPS) is 11.4. The van der Waals surface area contributed by atoms with Crippen molar-refractivity contribution in [2.75, 3.05) is 12.4 Å². The highest BCUT2D eigenvalue weighted by atomic mass is 35.5. The highest BCUT2D eigenvalue weighted by Crippen LogP contribution is 2.15. The van der Waals surface area contributed by atoms with Crippen LogP contribution in [0.25, 0.3) is 0 Å². The first kappa shape index (κ1) is 14.2. The summed E-state index contributed by atoms with van der Waals surface area (Å²) in [6, 6.07) is 1.68. The van der Waals surface area contributed by atoms with Gasteiger partial charge in [0, 0.05) is 12.3 Å². The molecule has 0 saturated heterocycles. The number of unbranched alkanes of at least 4 members (excludes halogenated alkanes) is 2. The molecule has 0 fully saturated rings. The lowest BCUT2D eigenvalue weighted by Gasteiger charge is -2.05. The van der Waals surface area contributed by atoms with Gasteiger partial charge in [-0.2, -0.15) is 0 Å². The van der Waals surface area contributed by atoms with E-state index in [1.165, 1.54) is 6.20 Å².